The highest BCUT2D eigenvalue weighted by Gasteiger charge is 2.24. The van der Waals surface area contributed by atoms with Crippen LogP contribution in [0.3, 0.4) is 0 Å². The van der Waals surface area contributed by atoms with E-state index in [-0.39, 0.29) is 18.4 Å². The normalized spacial score (nSPS) is 18.3. The van der Waals surface area contributed by atoms with E-state index in [1.54, 1.807) is 0 Å². The van der Waals surface area contributed by atoms with Crippen LogP contribution in [-0.4, -0.2) is 35.0 Å². The summed E-state index contributed by atoms with van der Waals surface area (Å²) in [4.78, 5) is 24.3. The number of amides is 1. The molecule has 0 heterocycles. The fourth-order valence-electron chi connectivity index (χ4n) is 2.84. The smallest absolute Gasteiger partial charge is 0.323 e. The SMILES string of the molecule is CCN(CC(=O)O)C(=O)C(C)CC1CCCCC1. The first-order chi connectivity index (χ1) is 8.54. The molecule has 0 aromatic heterocycles. The lowest BCUT2D eigenvalue weighted by Gasteiger charge is -2.27. The van der Waals surface area contributed by atoms with Gasteiger partial charge in [-0.1, -0.05) is 39.0 Å². The van der Waals surface area contributed by atoms with Crippen molar-refractivity contribution < 1.29 is 14.7 Å². The maximum Gasteiger partial charge on any atom is 0.323 e. The van der Waals surface area contributed by atoms with Gasteiger partial charge in [-0.05, 0) is 19.3 Å². The van der Waals surface area contributed by atoms with Crippen molar-refractivity contribution in [2.45, 2.75) is 52.4 Å². The second-order valence-electron chi connectivity index (χ2n) is 5.39. The summed E-state index contributed by atoms with van der Waals surface area (Å²) >= 11 is 0. The molecule has 0 aromatic rings. The molecular formula is C14H25NO3. The van der Waals surface area contributed by atoms with E-state index in [0.29, 0.717) is 12.5 Å². The Kier molecular flexibility index (Phi) is 6.16. The van der Waals surface area contributed by atoms with E-state index < -0.39 is 5.97 Å². The highest BCUT2D eigenvalue weighted by atomic mass is 16.4. The van der Waals surface area contributed by atoms with Crippen LogP contribution in [0.5, 0.6) is 0 Å². The molecule has 104 valence electrons. The average Bonchev–Trinajstić information content (AvgIpc) is 2.36. The molecule has 0 radical (unpaired) electrons. The summed E-state index contributed by atoms with van der Waals surface area (Å²) in [5.41, 5.74) is 0. The van der Waals surface area contributed by atoms with Crippen molar-refractivity contribution in [3.63, 3.8) is 0 Å². The minimum atomic E-state index is -0.935. The van der Waals surface area contributed by atoms with Crippen LogP contribution in [0.1, 0.15) is 52.4 Å². The van der Waals surface area contributed by atoms with E-state index in [4.69, 9.17) is 5.11 Å². The van der Waals surface area contributed by atoms with E-state index >= 15 is 0 Å². The summed E-state index contributed by atoms with van der Waals surface area (Å²) in [6.45, 7) is 4.06. The summed E-state index contributed by atoms with van der Waals surface area (Å²) < 4.78 is 0. The molecule has 1 saturated carbocycles. The Balaban J connectivity index is 2.45. The Morgan fingerprint density at radius 1 is 1.28 bits per heavy atom. The molecule has 1 rings (SSSR count). The number of likely N-dealkylation sites (N-methyl/N-ethyl adjacent to an activating group) is 1. The van der Waals surface area contributed by atoms with Crippen LogP contribution in [0.4, 0.5) is 0 Å². The maximum absolute atomic E-state index is 12.1. The van der Waals surface area contributed by atoms with Gasteiger partial charge in [0.2, 0.25) is 5.91 Å². The Labute approximate surface area is 109 Å². The number of hydrogen-bond donors (Lipinski definition) is 1. The lowest BCUT2D eigenvalue weighted by molar-refractivity contribution is -0.146. The van der Waals surface area contributed by atoms with Gasteiger partial charge in [0, 0.05) is 12.5 Å². The molecule has 18 heavy (non-hydrogen) atoms. The van der Waals surface area contributed by atoms with E-state index in [1.165, 1.54) is 37.0 Å². The van der Waals surface area contributed by atoms with Gasteiger partial charge in [0.1, 0.15) is 6.54 Å². The topological polar surface area (TPSA) is 57.6 Å². The zero-order valence-electron chi connectivity index (χ0n) is 11.5. The maximum atomic E-state index is 12.1. The number of nitrogens with zero attached hydrogens (tertiary/aromatic N) is 1. The van der Waals surface area contributed by atoms with Crippen molar-refractivity contribution >= 4 is 11.9 Å². The molecule has 0 aromatic carbocycles. The molecule has 1 amide bonds. The quantitative estimate of drug-likeness (QED) is 0.793. The summed E-state index contributed by atoms with van der Waals surface area (Å²) in [6, 6.07) is 0. The third kappa shape index (κ3) is 4.67. The lowest BCUT2D eigenvalue weighted by Crippen LogP contribution is -2.39. The standard InChI is InChI=1S/C14H25NO3/c1-3-15(10-13(16)17)14(18)11(2)9-12-7-5-4-6-8-12/h11-12H,3-10H2,1-2H3,(H,16,17). The van der Waals surface area contributed by atoms with Gasteiger partial charge in [0.25, 0.3) is 0 Å². The van der Waals surface area contributed by atoms with Gasteiger partial charge in [-0.2, -0.15) is 0 Å². The minimum absolute atomic E-state index is 0.00882. The van der Waals surface area contributed by atoms with Crippen LogP contribution >= 0.6 is 0 Å². The molecule has 4 nitrogen and oxygen atoms in total. The highest BCUT2D eigenvalue weighted by Crippen LogP contribution is 2.29. The van der Waals surface area contributed by atoms with Crippen LogP contribution in [-0.2, 0) is 9.59 Å². The fraction of sp³-hybridized carbons (Fsp3) is 0.857. The number of carbonyl (C=O) groups is 2. The molecule has 4 heteroatoms. The minimum Gasteiger partial charge on any atom is -0.480 e. The van der Waals surface area contributed by atoms with Crippen LogP contribution in [0.25, 0.3) is 0 Å². The first kappa shape index (κ1) is 15.0. The fourth-order valence-corrected chi connectivity index (χ4v) is 2.84. The Morgan fingerprint density at radius 2 is 1.89 bits per heavy atom. The van der Waals surface area contributed by atoms with E-state index in [2.05, 4.69) is 0 Å². The van der Waals surface area contributed by atoms with Crippen molar-refractivity contribution in [2.24, 2.45) is 11.8 Å². The van der Waals surface area contributed by atoms with Crippen molar-refractivity contribution in [2.75, 3.05) is 13.1 Å². The number of carboxylic acid groups (broad SMARTS) is 1. The van der Waals surface area contributed by atoms with Crippen LogP contribution < -0.4 is 0 Å². The summed E-state index contributed by atoms with van der Waals surface area (Å²) in [6.07, 6.45) is 7.23. The number of hydrogen-bond acceptors (Lipinski definition) is 2. The third-order valence-corrected chi connectivity index (χ3v) is 3.85. The van der Waals surface area contributed by atoms with Gasteiger partial charge in [-0.3, -0.25) is 9.59 Å². The van der Waals surface area contributed by atoms with Crippen LogP contribution in [0.2, 0.25) is 0 Å². The van der Waals surface area contributed by atoms with Crippen LogP contribution in [0, 0.1) is 11.8 Å². The summed E-state index contributed by atoms with van der Waals surface area (Å²) in [7, 11) is 0. The van der Waals surface area contributed by atoms with E-state index in [9.17, 15) is 9.59 Å². The lowest BCUT2D eigenvalue weighted by atomic mass is 9.83. The Bertz CT molecular complexity index is 285. The molecule has 1 unspecified atom stereocenters. The van der Waals surface area contributed by atoms with Crippen molar-refractivity contribution in [1.82, 2.24) is 4.90 Å². The zero-order chi connectivity index (χ0) is 13.5. The predicted molar refractivity (Wildman–Crippen MR) is 70.2 cm³/mol. The molecule has 0 spiro atoms. The average molecular weight is 255 g/mol. The van der Waals surface area contributed by atoms with Gasteiger partial charge >= 0.3 is 5.97 Å². The number of carbonyl (C=O) groups excluding carboxylic acids is 1. The zero-order valence-corrected chi connectivity index (χ0v) is 11.5. The third-order valence-electron chi connectivity index (χ3n) is 3.85. The molecule has 1 N–H and O–H groups in total. The van der Waals surface area contributed by atoms with Gasteiger partial charge < -0.3 is 10.0 Å². The Morgan fingerprint density at radius 3 is 2.39 bits per heavy atom. The van der Waals surface area contributed by atoms with Gasteiger partial charge in [0.15, 0.2) is 0 Å². The van der Waals surface area contributed by atoms with Gasteiger partial charge in [0.05, 0.1) is 0 Å². The largest absolute Gasteiger partial charge is 0.480 e. The van der Waals surface area contributed by atoms with Crippen molar-refractivity contribution in [1.29, 1.82) is 0 Å². The first-order valence-electron chi connectivity index (χ1n) is 7.05. The van der Waals surface area contributed by atoms with Gasteiger partial charge in [-0.15, -0.1) is 0 Å². The predicted octanol–water partition coefficient (Wildman–Crippen LogP) is 2.53. The highest BCUT2D eigenvalue weighted by molar-refractivity contribution is 5.82. The molecule has 1 fully saturated rings. The van der Waals surface area contributed by atoms with Crippen molar-refractivity contribution in [3.8, 4) is 0 Å². The van der Waals surface area contributed by atoms with E-state index in [0.717, 1.165) is 6.42 Å². The molecule has 0 bridgehead atoms. The number of aliphatic carboxylic acids is 1. The molecule has 0 saturated heterocycles. The van der Waals surface area contributed by atoms with Crippen LogP contribution in [0.15, 0.2) is 0 Å². The monoisotopic (exact) mass is 255 g/mol. The second kappa shape index (κ2) is 7.39. The first-order valence-corrected chi connectivity index (χ1v) is 7.05. The van der Waals surface area contributed by atoms with E-state index in [1.807, 2.05) is 13.8 Å². The second-order valence-corrected chi connectivity index (χ2v) is 5.39. The molecule has 1 aliphatic rings. The van der Waals surface area contributed by atoms with Crippen molar-refractivity contribution in [3.05, 3.63) is 0 Å². The molecular weight excluding hydrogens is 230 g/mol. The Hall–Kier alpha value is -1.06. The molecule has 0 aliphatic heterocycles. The summed E-state index contributed by atoms with van der Waals surface area (Å²) in [5.74, 6) is -0.339. The molecule has 1 aliphatic carbocycles. The van der Waals surface area contributed by atoms with Gasteiger partial charge in [-0.25, -0.2) is 0 Å². The summed E-state index contributed by atoms with van der Waals surface area (Å²) in [5, 5.41) is 8.77. The number of rotatable bonds is 6. The number of carboxylic acids is 1. The molecule has 1 atom stereocenters.